The lowest BCUT2D eigenvalue weighted by Crippen LogP contribution is -2.37. The molecule has 36 heavy (non-hydrogen) atoms. The summed E-state index contributed by atoms with van der Waals surface area (Å²) in [7, 11) is 0. The van der Waals surface area contributed by atoms with Crippen LogP contribution in [0.25, 0.3) is 17.2 Å². The lowest BCUT2D eigenvalue weighted by molar-refractivity contribution is -0.207. The zero-order chi connectivity index (χ0) is 26.2. The van der Waals surface area contributed by atoms with E-state index < -0.39 is 37.0 Å². The predicted octanol–water partition coefficient (Wildman–Crippen LogP) is 2.06. The third kappa shape index (κ3) is 5.24. The van der Waals surface area contributed by atoms with Gasteiger partial charge >= 0.3 is 11.9 Å². The Labute approximate surface area is 209 Å². The summed E-state index contributed by atoms with van der Waals surface area (Å²) in [6, 6.07) is 8.72. The molecule has 0 aliphatic carbocycles. The molecule has 11 nitrogen and oxygen atoms in total. The Morgan fingerprint density at radius 1 is 1.11 bits per heavy atom. The van der Waals surface area contributed by atoms with Crippen LogP contribution in [0, 0.1) is 0 Å². The second kappa shape index (κ2) is 9.72. The Morgan fingerprint density at radius 2 is 1.81 bits per heavy atom. The number of carbonyl (C=O) groups excluding carboxylic acids is 1. The fourth-order valence-electron chi connectivity index (χ4n) is 3.18. The monoisotopic (exact) mass is 542 g/mol. The first kappa shape index (κ1) is 25.3. The molecule has 0 aliphatic heterocycles. The molecular weight excluding hydrogens is 528 g/mol. The molecule has 3 aromatic heterocycles. The summed E-state index contributed by atoms with van der Waals surface area (Å²) < 4.78 is 41.6. The second-order valence-electron chi connectivity index (χ2n) is 7.40. The molecule has 1 amide bonds. The number of nitrogens with zero attached hydrogens (tertiary/aromatic N) is 7. The maximum absolute atomic E-state index is 13.0. The van der Waals surface area contributed by atoms with Crippen LogP contribution in [0.5, 0.6) is 0 Å². The van der Waals surface area contributed by atoms with Crippen LogP contribution < -0.4 is 11.4 Å². The largest absolute Gasteiger partial charge is 0.416 e. The number of aliphatic hydroxyl groups is 1. The number of primary amides is 1. The van der Waals surface area contributed by atoms with Crippen molar-refractivity contribution in [3.05, 3.63) is 74.8 Å². The topological polar surface area (TPSA) is 147 Å². The lowest BCUT2D eigenvalue weighted by Gasteiger charge is -2.15. The summed E-state index contributed by atoms with van der Waals surface area (Å²) in [5.74, 6) is -1.44. The minimum atomic E-state index is -4.97. The minimum Gasteiger partial charge on any atom is -0.382 e. The van der Waals surface area contributed by atoms with Crippen molar-refractivity contribution in [2.45, 2.75) is 25.4 Å². The molecule has 0 spiro atoms. The van der Waals surface area contributed by atoms with Crippen molar-refractivity contribution >= 4 is 29.1 Å². The van der Waals surface area contributed by atoms with Crippen molar-refractivity contribution in [3.8, 4) is 17.2 Å². The number of halogens is 5. The van der Waals surface area contributed by atoms with Crippen molar-refractivity contribution < 1.29 is 23.1 Å². The lowest BCUT2D eigenvalue weighted by atomic mass is 10.2. The van der Waals surface area contributed by atoms with Gasteiger partial charge in [0.2, 0.25) is 5.82 Å². The van der Waals surface area contributed by atoms with Gasteiger partial charge in [-0.2, -0.15) is 17.9 Å². The van der Waals surface area contributed by atoms with Crippen LogP contribution in [0.15, 0.2) is 47.4 Å². The van der Waals surface area contributed by atoms with Gasteiger partial charge < -0.3 is 10.8 Å². The third-order valence-electron chi connectivity index (χ3n) is 4.85. The van der Waals surface area contributed by atoms with Gasteiger partial charge in [0.15, 0.2) is 23.6 Å². The van der Waals surface area contributed by atoms with Crippen molar-refractivity contribution in [3.63, 3.8) is 0 Å². The molecule has 0 aliphatic rings. The van der Waals surface area contributed by atoms with E-state index in [1.54, 1.807) is 0 Å². The third-order valence-corrected chi connectivity index (χ3v) is 5.33. The first-order valence-corrected chi connectivity index (χ1v) is 10.8. The fourth-order valence-corrected chi connectivity index (χ4v) is 3.46. The zero-order valence-electron chi connectivity index (χ0n) is 17.9. The number of hydrogen-bond acceptors (Lipinski definition) is 7. The van der Waals surface area contributed by atoms with Gasteiger partial charge in [-0.25, -0.2) is 19.4 Å². The first-order valence-electron chi connectivity index (χ1n) is 10.00. The van der Waals surface area contributed by atoms with Gasteiger partial charge in [0.05, 0.1) is 6.54 Å². The van der Waals surface area contributed by atoms with E-state index in [0.29, 0.717) is 14.6 Å². The summed E-state index contributed by atoms with van der Waals surface area (Å²) in [6.07, 6.45) is -6.44. The molecule has 1 atom stereocenters. The summed E-state index contributed by atoms with van der Waals surface area (Å²) >= 11 is 11.8. The molecule has 16 heteroatoms. The molecule has 0 radical (unpaired) electrons. The average Bonchev–Trinajstić information content (AvgIpc) is 3.36. The number of carbonyl (C=O) groups is 1. The van der Waals surface area contributed by atoms with E-state index in [0.717, 1.165) is 9.36 Å². The fraction of sp³-hybridized carbons (Fsp3) is 0.200. The van der Waals surface area contributed by atoms with Gasteiger partial charge in [-0.1, -0.05) is 23.2 Å². The molecule has 1 unspecified atom stereocenters. The average molecular weight is 543 g/mol. The zero-order valence-corrected chi connectivity index (χ0v) is 19.4. The van der Waals surface area contributed by atoms with Crippen molar-refractivity contribution in [2.75, 3.05) is 0 Å². The van der Waals surface area contributed by atoms with Crippen LogP contribution in [-0.2, 0) is 13.1 Å². The van der Waals surface area contributed by atoms with Crippen molar-refractivity contribution in [1.82, 2.24) is 34.1 Å². The van der Waals surface area contributed by atoms with Crippen LogP contribution in [0.3, 0.4) is 0 Å². The Morgan fingerprint density at radius 3 is 2.42 bits per heavy atom. The number of benzene rings is 1. The number of aromatic nitrogens is 7. The second-order valence-corrected chi connectivity index (χ2v) is 8.27. The number of aliphatic hydroxyl groups excluding tert-OH is 1. The molecule has 0 saturated carbocycles. The van der Waals surface area contributed by atoms with Crippen LogP contribution in [0.1, 0.15) is 16.4 Å². The molecule has 3 heterocycles. The quantitative estimate of drug-likeness (QED) is 0.363. The highest BCUT2D eigenvalue weighted by atomic mass is 35.5. The maximum atomic E-state index is 13.0. The summed E-state index contributed by atoms with van der Waals surface area (Å²) in [6.45, 7) is -1.55. The maximum Gasteiger partial charge on any atom is 0.416 e. The predicted molar refractivity (Wildman–Crippen MR) is 121 cm³/mol. The van der Waals surface area contributed by atoms with E-state index >= 15 is 0 Å². The van der Waals surface area contributed by atoms with Crippen molar-refractivity contribution in [2.24, 2.45) is 5.73 Å². The van der Waals surface area contributed by atoms with Gasteiger partial charge in [0.1, 0.15) is 6.54 Å². The Bertz CT molecular complexity index is 1480. The Kier molecular flexibility index (Phi) is 6.84. The SMILES string of the molecule is NC(=O)c1nc(Cn2nc(-c3ccc(Cl)cc3)n(CC(O)C(F)(F)F)c2=O)nn1-c1cc(Cl)ccn1. The Hall–Kier alpha value is -3.75. The highest BCUT2D eigenvalue weighted by Gasteiger charge is 2.39. The van der Waals surface area contributed by atoms with E-state index in [1.807, 2.05) is 0 Å². The van der Waals surface area contributed by atoms with Gasteiger partial charge in [0.25, 0.3) is 5.91 Å². The minimum absolute atomic E-state index is 0.114. The molecule has 4 rings (SSSR count). The van der Waals surface area contributed by atoms with Gasteiger partial charge in [0, 0.05) is 27.9 Å². The molecular formula is C20H15Cl2F3N8O3. The van der Waals surface area contributed by atoms with Gasteiger partial charge in [-0.05, 0) is 30.3 Å². The van der Waals surface area contributed by atoms with Crippen LogP contribution in [0.2, 0.25) is 10.0 Å². The normalized spacial score (nSPS) is 12.6. The number of alkyl halides is 3. The van der Waals surface area contributed by atoms with Gasteiger partial charge in [-0.15, -0.1) is 10.2 Å². The molecule has 3 N–H and O–H groups in total. The van der Waals surface area contributed by atoms with E-state index in [2.05, 4.69) is 20.2 Å². The number of nitrogens with two attached hydrogens (primary N) is 1. The van der Waals surface area contributed by atoms with Crippen LogP contribution in [-0.4, -0.2) is 57.4 Å². The molecule has 0 saturated heterocycles. The van der Waals surface area contributed by atoms with Gasteiger partial charge in [-0.3, -0.25) is 9.36 Å². The first-order chi connectivity index (χ1) is 16.9. The summed E-state index contributed by atoms with van der Waals surface area (Å²) in [5, 5.41) is 18.5. The summed E-state index contributed by atoms with van der Waals surface area (Å²) in [4.78, 5) is 33.0. The number of rotatable bonds is 7. The van der Waals surface area contributed by atoms with Crippen molar-refractivity contribution in [1.29, 1.82) is 0 Å². The number of hydrogen-bond donors (Lipinski definition) is 2. The van der Waals surface area contributed by atoms with E-state index in [4.69, 9.17) is 28.9 Å². The highest BCUT2D eigenvalue weighted by Crippen LogP contribution is 2.24. The molecule has 188 valence electrons. The van der Waals surface area contributed by atoms with E-state index in [9.17, 15) is 27.9 Å². The van der Waals surface area contributed by atoms with E-state index in [-0.39, 0.29) is 28.9 Å². The van der Waals surface area contributed by atoms with E-state index in [1.165, 1.54) is 42.6 Å². The Balaban J connectivity index is 1.77. The molecule has 1 aromatic carbocycles. The molecule has 0 fully saturated rings. The standard InChI is InChI=1S/C20H15Cl2F3N8O3/c21-11-3-1-10(2-4-11)17-30-32(19(36)31(17)8-13(34)20(23,24)25)9-14-28-18(16(26)35)33(29-14)15-7-12(22)5-6-27-15/h1-7,13,34H,8-9H2,(H2,26,35). The summed E-state index contributed by atoms with van der Waals surface area (Å²) in [5.41, 5.74) is 4.66. The smallest absolute Gasteiger partial charge is 0.382 e. The van der Waals surface area contributed by atoms with Crippen LogP contribution in [0.4, 0.5) is 13.2 Å². The molecule has 4 aromatic rings. The molecule has 0 bridgehead atoms. The highest BCUT2D eigenvalue weighted by molar-refractivity contribution is 6.30. The number of amides is 1. The number of pyridine rings is 1. The van der Waals surface area contributed by atoms with Crippen LogP contribution >= 0.6 is 23.2 Å².